The number of esters is 1. The van der Waals surface area contributed by atoms with Gasteiger partial charge in [0, 0.05) is 30.4 Å². The van der Waals surface area contributed by atoms with E-state index in [1.165, 1.54) is 19.9 Å². The van der Waals surface area contributed by atoms with E-state index in [1.54, 1.807) is 12.1 Å². The molecular formula is C15H17Cl2NO6. The fraction of sp³-hybridized carbons (Fsp3) is 0.400. The molecule has 0 bridgehead atoms. The number of carbonyl (C=O) groups excluding carboxylic acids is 2. The van der Waals surface area contributed by atoms with E-state index >= 15 is 0 Å². The number of halogens is 2. The third kappa shape index (κ3) is 7.52. The zero-order valence-electron chi connectivity index (χ0n) is 13.0. The first-order chi connectivity index (χ1) is 11.2. The summed E-state index contributed by atoms with van der Waals surface area (Å²) >= 11 is 11.8. The van der Waals surface area contributed by atoms with E-state index in [0.29, 0.717) is 15.6 Å². The normalized spacial score (nSPS) is 12.8. The van der Waals surface area contributed by atoms with Crippen molar-refractivity contribution in [3.8, 4) is 0 Å². The van der Waals surface area contributed by atoms with Gasteiger partial charge in [-0.1, -0.05) is 23.2 Å². The standard InChI is InChI=1S/C15H17Cl2NO6/c1-8(19)23-9(2)24-15(22)18-7-11(14(20)21)3-10-4-12(16)6-13(17)5-10/h4-6,9,11H,3,7H2,1-2H3,(H,18,22)(H,20,21)/t9-,11+/m1/s1. The largest absolute Gasteiger partial charge is 0.481 e. The fourth-order valence-electron chi connectivity index (χ4n) is 1.92. The number of ether oxygens (including phenoxy) is 2. The Hall–Kier alpha value is -1.99. The average Bonchev–Trinajstić information content (AvgIpc) is 2.40. The maximum Gasteiger partial charge on any atom is 0.410 e. The first-order valence-electron chi connectivity index (χ1n) is 6.97. The second-order valence-electron chi connectivity index (χ2n) is 4.98. The molecule has 1 aromatic carbocycles. The number of hydrogen-bond acceptors (Lipinski definition) is 5. The summed E-state index contributed by atoms with van der Waals surface area (Å²) in [4.78, 5) is 33.6. The first-order valence-corrected chi connectivity index (χ1v) is 7.72. The highest BCUT2D eigenvalue weighted by molar-refractivity contribution is 6.34. The summed E-state index contributed by atoms with van der Waals surface area (Å²) in [6.45, 7) is 2.36. The maximum absolute atomic E-state index is 11.6. The lowest BCUT2D eigenvalue weighted by molar-refractivity contribution is -0.162. The van der Waals surface area contributed by atoms with Crippen LogP contribution in [0.5, 0.6) is 0 Å². The molecule has 1 amide bonds. The minimum atomic E-state index is -1.10. The van der Waals surface area contributed by atoms with Crippen LogP contribution in [0.1, 0.15) is 19.4 Å². The number of amides is 1. The van der Waals surface area contributed by atoms with Crippen molar-refractivity contribution in [3.63, 3.8) is 0 Å². The van der Waals surface area contributed by atoms with Gasteiger partial charge in [0.25, 0.3) is 0 Å². The Balaban J connectivity index is 2.59. The maximum atomic E-state index is 11.6. The van der Waals surface area contributed by atoms with Gasteiger partial charge in [0.1, 0.15) is 0 Å². The Labute approximate surface area is 148 Å². The lowest BCUT2D eigenvalue weighted by Crippen LogP contribution is -2.36. The molecule has 0 heterocycles. The number of carbonyl (C=O) groups is 3. The molecule has 132 valence electrons. The molecule has 0 fully saturated rings. The lowest BCUT2D eigenvalue weighted by atomic mass is 9.99. The van der Waals surface area contributed by atoms with Crippen LogP contribution in [0, 0.1) is 5.92 Å². The summed E-state index contributed by atoms with van der Waals surface area (Å²) < 4.78 is 9.38. The Morgan fingerprint density at radius 1 is 1.17 bits per heavy atom. The molecule has 1 rings (SSSR count). The van der Waals surface area contributed by atoms with Crippen molar-refractivity contribution < 1.29 is 29.0 Å². The summed E-state index contributed by atoms with van der Waals surface area (Å²) in [5, 5.41) is 12.4. The van der Waals surface area contributed by atoms with Crippen molar-refractivity contribution in [2.24, 2.45) is 5.92 Å². The van der Waals surface area contributed by atoms with Crippen molar-refractivity contribution in [1.29, 1.82) is 0 Å². The predicted octanol–water partition coefficient (Wildman–Crippen LogP) is 2.87. The number of carboxylic acid groups (broad SMARTS) is 1. The summed E-state index contributed by atoms with van der Waals surface area (Å²) in [7, 11) is 0. The smallest absolute Gasteiger partial charge is 0.410 e. The molecule has 24 heavy (non-hydrogen) atoms. The van der Waals surface area contributed by atoms with Crippen LogP contribution in [0.2, 0.25) is 10.0 Å². The van der Waals surface area contributed by atoms with E-state index in [4.69, 9.17) is 27.9 Å². The molecule has 0 aliphatic carbocycles. The third-order valence-corrected chi connectivity index (χ3v) is 3.29. The summed E-state index contributed by atoms with van der Waals surface area (Å²) in [6, 6.07) is 4.74. The number of benzene rings is 1. The van der Waals surface area contributed by atoms with Gasteiger partial charge < -0.3 is 19.9 Å². The molecule has 9 heteroatoms. The second kappa shape index (κ2) is 9.34. The summed E-state index contributed by atoms with van der Waals surface area (Å²) in [5.74, 6) is -2.60. The van der Waals surface area contributed by atoms with Gasteiger partial charge in [0.15, 0.2) is 0 Å². The van der Waals surface area contributed by atoms with Crippen LogP contribution >= 0.6 is 23.2 Å². The SMILES string of the molecule is CC(=O)O[C@@H](C)OC(=O)NC[C@H](Cc1cc(Cl)cc(Cl)c1)C(=O)O. The van der Waals surface area contributed by atoms with E-state index in [-0.39, 0.29) is 13.0 Å². The van der Waals surface area contributed by atoms with E-state index in [2.05, 4.69) is 10.1 Å². The van der Waals surface area contributed by atoms with Crippen molar-refractivity contribution in [2.75, 3.05) is 6.54 Å². The number of aliphatic carboxylic acids is 1. The molecule has 7 nitrogen and oxygen atoms in total. The number of carboxylic acids is 1. The summed E-state index contributed by atoms with van der Waals surface area (Å²) in [6.07, 6.45) is -1.84. The monoisotopic (exact) mass is 377 g/mol. The van der Waals surface area contributed by atoms with Gasteiger partial charge >= 0.3 is 18.0 Å². The second-order valence-corrected chi connectivity index (χ2v) is 5.85. The molecule has 0 aliphatic rings. The number of alkyl carbamates (subject to hydrolysis) is 1. The molecule has 0 spiro atoms. The number of rotatable bonds is 7. The first kappa shape index (κ1) is 20.1. The van der Waals surface area contributed by atoms with Crippen LogP contribution < -0.4 is 5.32 Å². The highest BCUT2D eigenvalue weighted by Gasteiger charge is 2.21. The Morgan fingerprint density at radius 2 is 1.75 bits per heavy atom. The van der Waals surface area contributed by atoms with Crippen molar-refractivity contribution >= 4 is 41.2 Å². The van der Waals surface area contributed by atoms with E-state index in [1.807, 2.05) is 0 Å². The molecule has 2 N–H and O–H groups in total. The van der Waals surface area contributed by atoms with E-state index < -0.39 is 30.2 Å². The number of nitrogens with one attached hydrogen (secondary N) is 1. The molecule has 2 atom stereocenters. The van der Waals surface area contributed by atoms with Gasteiger partial charge in [0.2, 0.25) is 6.29 Å². The molecule has 0 aliphatic heterocycles. The van der Waals surface area contributed by atoms with Crippen LogP contribution in [0.15, 0.2) is 18.2 Å². The highest BCUT2D eigenvalue weighted by Crippen LogP contribution is 2.21. The van der Waals surface area contributed by atoms with Crippen molar-refractivity contribution in [2.45, 2.75) is 26.6 Å². The zero-order valence-corrected chi connectivity index (χ0v) is 14.6. The molecular weight excluding hydrogens is 361 g/mol. The molecule has 1 aromatic rings. The van der Waals surface area contributed by atoms with Crippen LogP contribution in [0.4, 0.5) is 4.79 Å². The minimum absolute atomic E-state index is 0.120. The Morgan fingerprint density at radius 3 is 2.25 bits per heavy atom. The molecule has 0 aromatic heterocycles. The average molecular weight is 378 g/mol. The molecule has 0 unspecified atom stereocenters. The Bertz CT molecular complexity index is 602. The van der Waals surface area contributed by atoms with Crippen LogP contribution in [-0.4, -0.2) is 36.0 Å². The van der Waals surface area contributed by atoms with Crippen molar-refractivity contribution in [3.05, 3.63) is 33.8 Å². The van der Waals surface area contributed by atoms with Gasteiger partial charge in [0.05, 0.1) is 5.92 Å². The molecule has 0 radical (unpaired) electrons. The van der Waals surface area contributed by atoms with E-state index in [0.717, 1.165) is 0 Å². The zero-order chi connectivity index (χ0) is 18.3. The number of hydrogen-bond donors (Lipinski definition) is 2. The molecule has 0 saturated carbocycles. The third-order valence-electron chi connectivity index (χ3n) is 2.85. The molecule has 0 saturated heterocycles. The van der Waals surface area contributed by atoms with Gasteiger partial charge in [-0.3, -0.25) is 9.59 Å². The minimum Gasteiger partial charge on any atom is -0.481 e. The highest BCUT2D eigenvalue weighted by atomic mass is 35.5. The van der Waals surface area contributed by atoms with Gasteiger partial charge in [-0.15, -0.1) is 0 Å². The van der Waals surface area contributed by atoms with Gasteiger partial charge in [-0.2, -0.15) is 0 Å². The van der Waals surface area contributed by atoms with Crippen LogP contribution in [0.3, 0.4) is 0 Å². The Kier molecular flexibility index (Phi) is 7.81. The van der Waals surface area contributed by atoms with Crippen LogP contribution in [0.25, 0.3) is 0 Å². The quantitative estimate of drug-likeness (QED) is 0.559. The fourth-order valence-corrected chi connectivity index (χ4v) is 2.49. The van der Waals surface area contributed by atoms with Gasteiger partial charge in [-0.25, -0.2) is 4.79 Å². The van der Waals surface area contributed by atoms with Crippen molar-refractivity contribution in [1.82, 2.24) is 5.32 Å². The topological polar surface area (TPSA) is 102 Å². The summed E-state index contributed by atoms with van der Waals surface area (Å²) in [5.41, 5.74) is 0.628. The lowest BCUT2D eigenvalue weighted by Gasteiger charge is -2.16. The van der Waals surface area contributed by atoms with E-state index in [9.17, 15) is 19.5 Å². The van der Waals surface area contributed by atoms with Gasteiger partial charge in [-0.05, 0) is 30.2 Å². The van der Waals surface area contributed by atoms with Crippen LogP contribution in [-0.2, 0) is 25.5 Å². The predicted molar refractivity (Wildman–Crippen MR) is 87.0 cm³/mol.